The number of nitrogens with zero attached hydrogens (tertiary/aromatic N) is 2. The third-order valence-corrected chi connectivity index (χ3v) is 7.49. The zero-order valence-corrected chi connectivity index (χ0v) is 23.4. The van der Waals surface area contributed by atoms with Gasteiger partial charge in [-0.2, -0.15) is 5.10 Å². The van der Waals surface area contributed by atoms with Crippen LogP contribution in [0.3, 0.4) is 0 Å². The van der Waals surface area contributed by atoms with Crippen LogP contribution >= 0.6 is 0 Å². The van der Waals surface area contributed by atoms with Crippen molar-refractivity contribution in [1.29, 1.82) is 0 Å². The van der Waals surface area contributed by atoms with Crippen molar-refractivity contribution in [3.05, 3.63) is 90.3 Å². The van der Waals surface area contributed by atoms with Gasteiger partial charge in [0.1, 0.15) is 11.4 Å². The van der Waals surface area contributed by atoms with Gasteiger partial charge in [0.2, 0.25) is 10.0 Å². The number of nitrogens with one attached hydrogen (secondary N) is 2. The molecule has 4 rings (SSSR count). The van der Waals surface area contributed by atoms with Gasteiger partial charge in [0.25, 0.3) is 5.91 Å². The number of rotatable bonds is 9. The Morgan fingerprint density at radius 1 is 0.949 bits per heavy atom. The van der Waals surface area contributed by atoms with E-state index in [4.69, 9.17) is 9.47 Å². The molecule has 0 fully saturated rings. The summed E-state index contributed by atoms with van der Waals surface area (Å²) in [5, 5.41) is 7.43. The van der Waals surface area contributed by atoms with E-state index in [-0.39, 0.29) is 17.4 Å². The lowest BCUT2D eigenvalue weighted by Gasteiger charge is -2.21. The molecule has 0 saturated carbocycles. The van der Waals surface area contributed by atoms with Crippen LogP contribution in [0.2, 0.25) is 0 Å². The van der Waals surface area contributed by atoms with Crippen LogP contribution < -0.4 is 14.8 Å². The van der Waals surface area contributed by atoms with Gasteiger partial charge in [0.05, 0.1) is 30.0 Å². The molecule has 4 aromatic rings. The van der Waals surface area contributed by atoms with Crippen LogP contribution in [0.25, 0.3) is 16.8 Å². The van der Waals surface area contributed by atoms with Crippen LogP contribution in [-0.4, -0.2) is 43.9 Å². The lowest BCUT2D eigenvalue weighted by atomic mass is 10.1. The Morgan fingerprint density at radius 2 is 1.62 bits per heavy atom. The predicted molar refractivity (Wildman–Crippen MR) is 151 cm³/mol. The van der Waals surface area contributed by atoms with E-state index >= 15 is 0 Å². The molecule has 2 N–H and O–H groups in total. The van der Waals surface area contributed by atoms with E-state index in [0.717, 1.165) is 0 Å². The van der Waals surface area contributed by atoms with E-state index in [1.807, 2.05) is 12.1 Å². The van der Waals surface area contributed by atoms with Gasteiger partial charge in [-0.25, -0.2) is 17.8 Å². The van der Waals surface area contributed by atoms with Crippen molar-refractivity contribution >= 4 is 21.6 Å². The molecule has 0 aliphatic rings. The average Bonchev–Trinajstić information content (AvgIpc) is 3.32. The number of sulfonamides is 1. The molecular formula is C29H32N4O5S. The highest BCUT2D eigenvalue weighted by atomic mass is 32.2. The SMILES string of the molecule is COCc1cc(C(=O)Nc2ccc(-c3ccccc3S(=O)(=O)NC(C)(C)C)cc2)n(-c2ccc(OC)cc2)n1. The van der Waals surface area contributed by atoms with E-state index in [0.29, 0.717) is 39.6 Å². The largest absolute Gasteiger partial charge is 0.497 e. The molecule has 0 aliphatic carbocycles. The number of carbonyl (C=O) groups excluding carboxylic acids is 1. The quantitative estimate of drug-likeness (QED) is 0.304. The summed E-state index contributed by atoms with van der Waals surface area (Å²) >= 11 is 0. The maximum atomic E-state index is 13.3. The number of hydrogen-bond acceptors (Lipinski definition) is 6. The highest BCUT2D eigenvalue weighted by Crippen LogP contribution is 2.29. The Morgan fingerprint density at radius 3 is 2.23 bits per heavy atom. The summed E-state index contributed by atoms with van der Waals surface area (Å²) in [4.78, 5) is 13.5. The van der Waals surface area contributed by atoms with Crippen molar-refractivity contribution in [2.75, 3.05) is 19.5 Å². The van der Waals surface area contributed by atoms with Gasteiger partial charge in [-0.1, -0.05) is 30.3 Å². The standard InChI is InChI=1S/C29H32N4O5S/c1-29(2,3)32-39(35,36)27-9-7-6-8-25(27)20-10-12-21(13-11-20)30-28(34)26-18-22(19-37-4)31-33(26)23-14-16-24(38-5)17-15-23/h6-18,32H,19H2,1-5H3,(H,30,34). The second-order valence-electron chi connectivity index (χ2n) is 9.95. The van der Waals surface area contributed by atoms with Gasteiger partial charge in [-0.15, -0.1) is 0 Å². The van der Waals surface area contributed by atoms with Gasteiger partial charge < -0.3 is 14.8 Å². The van der Waals surface area contributed by atoms with E-state index in [1.54, 1.807) is 106 Å². The number of amides is 1. The molecule has 39 heavy (non-hydrogen) atoms. The summed E-state index contributed by atoms with van der Waals surface area (Å²) in [6.45, 7) is 5.64. The van der Waals surface area contributed by atoms with Crippen molar-refractivity contribution in [3.63, 3.8) is 0 Å². The zero-order chi connectivity index (χ0) is 28.2. The minimum absolute atomic E-state index is 0.186. The summed E-state index contributed by atoms with van der Waals surface area (Å²) in [5.41, 5.74) is 2.83. The number of anilines is 1. The van der Waals surface area contributed by atoms with Gasteiger partial charge in [-0.3, -0.25) is 4.79 Å². The average molecular weight is 549 g/mol. The maximum absolute atomic E-state index is 13.3. The molecule has 0 saturated heterocycles. The van der Waals surface area contributed by atoms with Crippen molar-refractivity contribution < 1.29 is 22.7 Å². The number of carbonyl (C=O) groups is 1. The highest BCUT2D eigenvalue weighted by molar-refractivity contribution is 7.89. The lowest BCUT2D eigenvalue weighted by Crippen LogP contribution is -2.40. The third kappa shape index (κ3) is 6.72. The van der Waals surface area contributed by atoms with Crippen LogP contribution in [0, 0.1) is 0 Å². The Balaban J connectivity index is 1.60. The first kappa shape index (κ1) is 28.0. The Hall–Kier alpha value is -3.99. The van der Waals surface area contributed by atoms with Crippen LogP contribution in [0.1, 0.15) is 37.0 Å². The van der Waals surface area contributed by atoms with Crippen molar-refractivity contribution in [3.8, 4) is 22.6 Å². The summed E-state index contributed by atoms with van der Waals surface area (Å²) in [5.74, 6) is 0.337. The van der Waals surface area contributed by atoms with Crippen LogP contribution in [0.5, 0.6) is 5.75 Å². The predicted octanol–water partition coefficient (Wildman–Crippen LogP) is 5.02. The first-order valence-electron chi connectivity index (χ1n) is 12.3. The minimum Gasteiger partial charge on any atom is -0.497 e. The molecule has 204 valence electrons. The van der Waals surface area contributed by atoms with Gasteiger partial charge >= 0.3 is 0 Å². The van der Waals surface area contributed by atoms with E-state index in [2.05, 4.69) is 15.1 Å². The number of hydrogen-bond donors (Lipinski definition) is 2. The minimum atomic E-state index is -3.75. The van der Waals surface area contributed by atoms with Gasteiger partial charge in [0.15, 0.2) is 0 Å². The Bertz CT molecular complexity index is 1550. The molecule has 0 radical (unpaired) electrons. The van der Waals surface area contributed by atoms with Gasteiger partial charge in [-0.05, 0) is 74.9 Å². The molecule has 0 aliphatic heterocycles. The molecule has 1 aromatic heterocycles. The number of ether oxygens (including phenoxy) is 2. The molecule has 9 nitrogen and oxygen atoms in total. The fourth-order valence-corrected chi connectivity index (χ4v) is 5.71. The molecule has 0 bridgehead atoms. The number of methoxy groups -OCH3 is 2. The van der Waals surface area contributed by atoms with Crippen LogP contribution in [0.4, 0.5) is 5.69 Å². The molecule has 0 unspecified atom stereocenters. The molecule has 0 atom stereocenters. The van der Waals surface area contributed by atoms with E-state index < -0.39 is 15.6 Å². The van der Waals surface area contributed by atoms with Crippen LogP contribution in [-0.2, 0) is 21.4 Å². The second kappa shape index (κ2) is 11.4. The zero-order valence-electron chi connectivity index (χ0n) is 22.6. The third-order valence-electron chi connectivity index (χ3n) is 5.67. The summed E-state index contributed by atoms with van der Waals surface area (Å²) < 4.78 is 40.8. The summed E-state index contributed by atoms with van der Waals surface area (Å²) in [6, 6.07) is 22.7. The first-order chi connectivity index (χ1) is 18.5. The second-order valence-corrected chi connectivity index (χ2v) is 11.6. The summed E-state index contributed by atoms with van der Waals surface area (Å²) in [7, 11) is -0.594. The summed E-state index contributed by atoms with van der Waals surface area (Å²) in [6.07, 6.45) is 0. The van der Waals surface area contributed by atoms with E-state index in [1.165, 1.54) is 0 Å². The maximum Gasteiger partial charge on any atom is 0.274 e. The lowest BCUT2D eigenvalue weighted by molar-refractivity contribution is 0.101. The Kier molecular flexibility index (Phi) is 8.19. The molecule has 0 spiro atoms. The van der Waals surface area contributed by atoms with Crippen molar-refractivity contribution in [1.82, 2.24) is 14.5 Å². The molecule has 1 amide bonds. The number of aromatic nitrogens is 2. The number of benzene rings is 3. The van der Waals surface area contributed by atoms with Crippen molar-refractivity contribution in [2.24, 2.45) is 0 Å². The Labute approximate surface area is 228 Å². The monoisotopic (exact) mass is 548 g/mol. The highest BCUT2D eigenvalue weighted by Gasteiger charge is 2.25. The smallest absolute Gasteiger partial charge is 0.274 e. The van der Waals surface area contributed by atoms with E-state index in [9.17, 15) is 13.2 Å². The van der Waals surface area contributed by atoms with Crippen molar-refractivity contribution in [2.45, 2.75) is 37.8 Å². The molecule has 10 heteroatoms. The molecule has 1 heterocycles. The normalized spacial score (nSPS) is 11.8. The topological polar surface area (TPSA) is 112 Å². The van der Waals surface area contributed by atoms with Crippen LogP contribution in [0.15, 0.2) is 83.8 Å². The molecule has 3 aromatic carbocycles. The van der Waals surface area contributed by atoms with Gasteiger partial charge in [0, 0.05) is 23.9 Å². The molecular weight excluding hydrogens is 516 g/mol. The fraction of sp³-hybridized carbons (Fsp3) is 0.241. The first-order valence-corrected chi connectivity index (χ1v) is 13.8. The fourth-order valence-electron chi connectivity index (χ4n) is 4.06.